The second kappa shape index (κ2) is 3.87. The molecule has 0 fully saturated rings. The van der Waals surface area contributed by atoms with Gasteiger partial charge in [-0.05, 0) is 24.3 Å². The lowest BCUT2D eigenvalue weighted by Crippen LogP contribution is -2.23. The fourth-order valence-corrected chi connectivity index (χ4v) is 2.15. The average molecular weight is 280 g/mol. The molecule has 1 aromatic heterocycles. The number of rotatable bonds is 1. The summed E-state index contributed by atoms with van der Waals surface area (Å²) in [5, 5.41) is 3.35. The van der Waals surface area contributed by atoms with Crippen LogP contribution < -0.4 is 10.1 Å². The maximum atomic E-state index is 5.89. The van der Waals surface area contributed by atoms with Gasteiger partial charge in [0.1, 0.15) is 11.9 Å². The molecular formula is C12H10BrNO2. The van der Waals surface area contributed by atoms with Crippen LogP contribution >= 0.6 is 15.9 Å². The van der Waals surface area contributed by atoms with Crippen molar-refractivity contribution in [3.63, 3.8) is 0 Å². The molecule has 3 nitrogen and oxygen atoms in total. The Morgan fingerprint density at radius 3 is 3.06 bits per heavy atom. The molecule has 1 N–H and O–H groups in total. The molecular weight excluding hydrogens is 270 g/mol. The minimum atomic E-state index is 0.0208. The Labute approximate surface area is 102 Å². The Hall–Kier alpha value is -1.42. The van der Waals surface area contributed by atoms with Gasteiger partial charge in [0.25, 0.3) is 0 Å². The smallest absolute Gasteiger partial charge is 0.144 e. The van der Waals surface area contributed by atoms with Gasteiger partial charge in [0.2, 0.25) is 0 Å². The molecule has 0 saturated heterocycles. The van der Waals surface area contributed by atoms with E-state index in [0.717, 1.165) is 28.0 Å². The van der Waals surface area contributed by atoms with Crippen LogP contribution in [0, 0.1) is 0 Å². The van der Waals surface area contributed by atoms with Crippen LogP contribution in [0.15, 0.2) is 45.7 Å². The highest BCUT2D eigenvalue weighted by molar-refractivity contribution is 9.10. The summed E-state index contributed by atoms with van der Waals surface area (Å²) >= 11 is 3.43. The third kappa shape index (κ3) is 1.69. The second-order valence-electron chi connectivity index (χ2n) is 3.68. The summed E-state index contributed by atoms with van der Waals surface area (Å²) in [7, 11) is 0. The average Bonchev–Trinajstić information content (AvgIpc) is 2.82. The molecule has 0 aliphatic carbocycles. The van der Waals surface area contributed by atoms with E-state index in [0.29, 0.717) is 0 Å². The molecule has 2 aromatic rings. The van der Waals surface area contributed by atoms with E-state index in [-0.39, 0.29) is 6.10 Å². The number of benzene rings is 1. The number of ether oxygens (including phenoxy) is 1. The molecule has 1 aliphatic heterocycles. The SMILES string of the molecule is Brc1ccc2c(c1)NCC(c1ccoc1)O2. The van der Waals surface area contributed by atoms with Gasteiger partial charge in [-0.25, -0.2) is 0 Å². The number of halogens is 1. The van der Waals surface area contributed by atoms with Crippen molar-refractivity contribution in [3.05, 3.63) is 46.8 Å². The highest BCUT2D eigenvalue weighted by Crippen LogP contribution is 2.35. The van der Waals surface area contributed by atoms with E-state index in [1.165, 1.54) is 0 Å². The number of nitrogens with one attached hydrogen (secondary N) is 1. The summed E-state index contributed by atoms with van der Waals surface area (Å²) in [5.41, 5.74) is 2.08. The normalized spacial score (nSPS) is 18.4. The van der Waals surface area contributed by atoms with Gasteiger partial charge >= 0.3 is 0 Å². The van der Waals surface area contributed by atoms with Crippen LogP contribution in [0.1, 0.15) is 11.7 Å². The minimum absolute atomic E-state index is 0.0208. The van der Waals surface area contributed by atoms with Crippen molar-refractivity contribution >= 4 is 21.6 Å². The van der Waals surface area contributed by atoms with Crippen molar-refractivity contribution < 1.29 is 9.15 Å². The number of hydrogen-bond acceptors (Lipinski definition) is 3. The molecule has 0 amide bonds. The van der Waals surface area contributed by atoms with E-state index in [2.05, 4.69) is 21.2 Å². The van der Waals surface area contributed by atoms with E-state index < -0.39 is 0 Å². The van der Waals surface area contributed by atoms with Crippen molar-refractivity contribution in [2.75, 3.05) is 11.9 Å². The van der Waals surface area contributed by atoms with E-state index in [9.17, 15) is 0 Å². The molecule has 0 saturated carbocycles. The van der Waals surface area contributed by atoms with Crippen molar-refractivity contribution in [3.8, 4) is 5.75 Å². The van der Waals surface area contributed by atoms with Crippen LogP contribution in [0.3, 0.4) is 0 Å². The highest BCUT2D eigenvalue weighted by Gasteiger charge is 2.21. The Kier molecular flexibility index (Phi) is 2.36. The van der Waals surface area contributed by atoms with Gasteiger partial charge in [-0.1, -0.05) is 15.9 Å². The molecule has 1 aromatic carbocycles. The predicted octanol–water partition coefficient (Wildman–Crippen LogP) is 3.59. The van der Waals surface area contributed by atoms with Crippen molar-refractivity contribution in [1.29, 1.82) is 0 Å². The largest absolute Gasteiger partial charge is 0.482 e. The van der Waals surface area contributed by atoms with Crippen LogP contribution in [0.25, 0.3) is 0 Å². The Balaban J connectivity index is 1.89. The summed E-state index contributed by atoms with van der Waals surface area (Å²) < 4.78 is 12.0. The fourth-order valence-electron chi connectivity index (χ4n) is 1.78. The highest BCUT2D eigenvalue weighted by atomic mass is 79.9. The maximum absolute atomic E-state index is 5.89. The third-order valence-electron chi connectivity index (χ3n) is 2.60. The first-order valence-electron chi connectivity index (χ1n) is 5.05. The number of furan rings is 1. The molecule has 16 heavy (non-hydrogen) atoms. The van der Waals surface area contributed by atoms with Crippen LogP contribution in [0.5, 0.6) is 5.75 Å². The Bertz CT molecular complexity index is 496. The van der Waals surface area contributed by atoms with Crippen LogP contribution in [0.4, 0.5) is 5.69 Å². The van der Waals surface area contributed by atoms with Crippen molar-refractivity contribution in [1.82, 2.24) is 0 Å². The minimum Gasteiger partial charge on any atom is -0.482 e. The molecule has 82 valence electrons. The molecule has 1 aliphatic rings. The molecule has 0 spiro atoms. The fraction of sp³-hybridized carbons (Fsp3) is 0.167. The van der Waals surface area contributed by atoms with Crippen molar-refractivity contribution in [2.24, 2.45) is 0 Å². The quantitative estimate of drug-likeness (QED) is 0.866. The van der Waals surface area contributed by atoms with Crippen LogP contribution in [-0.4, -0.2) is 6.54 Å². The maximum Gasteiger partial charge on any atom is 0.144 e. The molecule has 1 atom stereocenters. The van der Waals surface area contributed by atoms with Gasteiger partial charge < -0.3 is 14.5 Å². The Morgan fingerprint density at radius 2 is 2.25 bits per heavy atom. The lowest BCUT2D eigenvalue weighted by Gasteiger charge is -2.26. The zero-order valence-electron chi connectivity index (χ0n) is 8.44. The summed E-state index contributed by atoms with van der Waals surface area (Å²) in [5.74, 6) is 0.876. The first-order valence-corrected chi connectivity index (χ1v) is 5.84. The third-order valence-corrected chi connectivity index (χ3v) is 3.10. The first-order chi connectivity index (χ1) is 7.83. The topological polar surface area (TPSA) is 34.4 Å². The van der Waals surface area contributed by atoms with Gasteiger partial charge in [-0.3, -0.25) is 0 Å². The summed E-state index contributed by atoms with van der Waals surface area (Å²) in [6.07, 6.45) is 3.40. The van der Waals surface area contributed by atoms with E-state index in [1.54, 1.807) is 12.5 Å². The summed E-state index contributed by atoms with van der Waals surface area (Å²) in [6.45, 7) is 0.753. The van der Waals surface area contributed by atoms with Crippen LogP contribution in [-0.2, 0) is 0 Å². The number of anilines is 1. The summed E-state index contributed by atoms with van der Waals surface area (Å²) in [4.78, 5) is 0. The van der Waals surface area contributed by atoms with Gasteiger partial charge in [0.15, 0.2) is 0 Å². The van der Waals surface area contributed by atoms with Gasteiger partial charge in [-0.2, -0.15) is 0 Å². The van der Waals surface area contributed by atoms with Gasteiger partial charge in [0, 0.05) is 10.0 Å². The lowest BCUT2D eigenvalue weighted by molar-refractivity contribution is 0.209. The van der Waals surface area contributed by atoms with E-state index in [1.807, 2.05) is 24.3 Å². The van der Waals surface area contributed by atoms with Gasteiger partial charge in [0.05, 0.1) is 24.8 Å². The molecule has 0 radical (unpaired) electrons. The second-order valence-corrected chi connectivity index (χ2v) is 4.60. The van der Waals surface area contributed by atoms with Gasteiger partial charge in [-0.15, -0.1) is 0 Å². The lowest BCUT2D eigenvalue weighted by atomic mass is 10.1. The van der Waals surface area contributed by atoms with Crippen molar-refractivity contribution in [2.45, 2.75) is 6.10 Å². The van der Waals surface area contributed by atoms with E-state index in [4.69, 9.17) is 9.15 Å². The molecule has 1 unspecified atom stereocenters. The standard InChI is InChI=1S/C12H10BrNO2/c13-9-1-2-11-10(5-9)14-6-12(16-11)8-3-4-15-7-8/h1-5,7,12,14H,6H2. The number of hydrogen-bond donors (Lipinski definition) is 1. The number of fused-ring (bicyclic) bond motifs is 1. The molecule has 3 rings (SSSR count). The summed E-state index contributed by atoms with van der Waals surface area (Å²) in [6, 6.07) is 7.87. The monoisotopic (exact) mass is 279 g/mol. The molecule has 2 heterocycles. The predicted molar refractivity (Wildman–Crippen MR) is 64.7 cm³/mol. The van der Waals surface area contributed by atoms with E-state index >= 15 is 0 Å². The zero-order valence-corrected chi connectivity index (χ0v) is 10.0. The van der Waals surface area contributed by atoms with Crippen LogP contribution in [0.2, 0.25) is 0 Å². The zero-order chi connectivity index (χ0) is 11.0. The Morgan fingerprint density at radius 1 is 1.31 bits per heavy atom. The molecule has 4 heteroatoms. The molecule has 0 bridgehead atoms. The first kappa shape index (κ1) is 9.78.